The van der Waals surface area contributed by atoms with Gasteiger partial charge in [0.25, 0.3) is 0 Å². The normalized spacial score (nSPS) is 23.3. The van der Waals surface area contributed by atoms with Crippen LogP contribution < -0.4 is 0 Å². The predicted octanol–water partition coefficient (Wildman–Crippen LogP) is 4.40. The largest absolute Gasteiger partial charge is 0.465 e. The number of ether oxygens (including phenoxy) is 1. The van der Waals surface area contributed by atoms with E-state index >= 15 is 0 Å². The first kappa shape index (κ1) is 18.2. The fourth-order valence-electron chi connectivity index (χ4n) is 4.11. The summed E-state index contributed by atoms with van der Waals surface area (Å²) in [6, 6.07) is 10.1. The molecule has 1 aliphatic carbocycles. The lowest BCUT2D eigenvalue weighted by Crippen LogP contribution is -2.30. The Morgan fingerprint density at radius 3 is 2.64 bits per heavy atom. The average Bonchev–Trinajstić information content (AvgIpc) is 3.15. The molecule has 1 aromatic rings. The summed E-state index contributed by atoms with van der Waals surface area (Å²) in [5.74, 6) is 0.422. The molecule has 1 aliphatic heterocycles. The minimum absolute atomic E-state index is 0.0592. The summed E-state index contributed by atoms with van der Waals surface area (Å²) in [4.78, 5) is 15.4. The molecule has 1 heterocycles. The highest BCUT2D eigenvalue weighted by atomic mass is 16.5. The Bertz CT molecular complexity index is 563. The van der Waals surface area contributed by atoms with Crippen LogP contribution in [0.15, 0.2) is 42.5 Å². The number of likely N-dealkylation sites (tertiary alicyclic amines) is 1. The first-order valence-corrected chi connectivity index (χ1v) is 9.84. The Kier molecular flexibility index (Phi) is 6.69. The molecule has 0 saturated carbocycles. The van der Waals surface area contributed by atoms with Crippen molar-refractivity contribution in [3.63, 3.8) is 0 Å². The molecular weight excluding hydrogens is 310 g/mol. The van der Waals surface area contributed by atoms with E-state index < -0.39 is 0 Å². The van der Waals surface area contributed by atoms with Crippen LogP contribution >= 0.6 is 0 Å². The van der Waals surface area contributed by atoms with Crippen LogP contribution in [0.4, 0.5) is 0 Å². The van der Waals surface area contributed by atoms with Crippen molar-refractivity contribution in [3.8, 4) is 0 Å². The van der Waals surface area contributed by atoms with Gasteiger partial charge in [0, 0.05) is 12.5 Å². The van der Waals surface area contributed by atoms with E-state index in [0.29, 0.717) is 12.5 Å². The lowest BCUT2D eigenvalue weighted by molar-refractivity contribution is -0.148. The van der Waals surface area contributed by atoms with Gasteiger partial charge in [0.2, 0.25) is 0 Å². The van der Waals surface area contributed by atoms with Gasteiger partial charge in [-0.2, -0.15) is 0 Å². The van der Waals surface area contributed by atoms with Crippen LogP contribution in [0.2, 0.25) is 0 Å². The van der Waals surface area contributed by atoms with E-state index in [1.807, 2.05) is 18.2 Å². The lowest BCUT2D eigenvalue weighted by Gasteiger charge is -2.27. The van der Waals surface area contributed by atoms with E-state index in [0.717, 1.165) is 31.4 Å². The zero-order valence-electron chi connectivity index (χ0n) is 15.4. The van der Waals surface area contributed by atoms with E-state index in [4.69, 9.17) is 4.74 Å². The van der Waals surface area contributed by atoms with Crippen molar-refractivity contribution in [2.24, 2.45) is 11.8 Å². The molecular formula is C22H31NO2. The van der Waals surface area contributed by atoms with Gasteiger partial charge < -0.3 is 9.64 Å². The standard InChI is InChI=1S/C22H31NO2/c1-18(16-23-14-8-9-15-23)17-25-22(24)21(19-10-4-2-5-11-19)20-12-6-3-7-13-20/h2,4-6,10-12,18,20-21H,3,7-9,13-17H2,1H3. The summed E-state index contributed by atoms with van der Waals surface area (Å²) in [7, 11) is 0. The van der Waals surface area contributed by atoms with Crippen molar-refractivity contribution >= 4 is 5.97 Å². The molecule has 3 unspecified atom stereocenters. The Labute approximate surface area is 152 Å². The van der Waals surface area contributed by atoms with Gasteiger partial charge in [0.15, 0.2) is 0 Å². The van der Waals surface area contributed by atoms with Gasteiger partial charge in [-0.25, -0.2) is 0 Å². The molecule has 0 N–H and O–H groups in total. The van der Waals surface area contributed by atoms with Crippen molar-refractivity contribution in [2.75, 3.05) is 26.2 Å². The maximum atomic E-state index is 12.9. The summed E-state index contributed by atoms with van der Waals surface area (Å²) in [6.07, 6.45) is 10.4. The Hall–Kier alpha value is -1.61. The number of rotatable bonds is 7. The Morgan fingerprint density at radius 2 is 1.96 bits per heavy atom. The third-order valence-corrected chi connectivity index (χ3v) is 5.41. The van der Waals surface area contributed by atoms with Crippen molar-refractivity contribution in [1.29, 1.82) is 0 Å². The van der Waals surface area contributed by atoms with Gasteiger partial charge in [-0.3, -0.25) is 4.79 Å². The second-order valence-corrected chi connectivity index (χ2v) is 7.65. The number of esters is 1. The van der Waals surface area contributed by atoms with Crippen LogP contribution in [0, 0.1) is 11.8 Å². The van der Waals surface area contributed by atoms with E-state index in [-0.39, 0.29) is 17.8 Å². The SMILES string of the molecule is CC(COC(=O)C(c1ccccc1)C1C=CCCC1)CN1CCCC1. The third-order valence-electron chi connectivity index (χ3n) is 5.41. The number of carbonyl (C=O) groups is 1. The van der Waals surface area contributed by atoms with Crippen LogP contribution in [0.25, 0.3) is 0 Å². The topological polar surface area (TPSA) is 29.5 Å². The molecule has 3 rings (SSSR count). The fourth-order valence-corrected chi connectivity index (χ4v) is 4.11. The molecule has 2 aliphatic rings. The van der Waals surface area contributed by atoms with E-state index in [1.165, 1.54) is 25.9 Å². The first-order valence-electron chi connectivity index (χ1n) is 9.84. The zero-order chi connectivity index (χ0) is 17.5. The summed E-state index contributed by atoms with van der Waals surface area (Å²) in [6.45, 7) is 6.13. The second kappa shape index (κ2) is 9.19. The van der Waals surface area contributed by atoms with E-state index in [9.17, 15) is 4.79 Å². The van der Waals surface area contributed by atoms with Gasteiger partial charge in [-0.15, -0.1) is 0 Å². The Balaban J connectivity index is 1.60. The number of hydrogen-bond donors (Lipinski definition) is 0. The summed E-state index contributed by atoms with van der Waals surface area (Å²) in [5.41, 5.74) is 1.08. The highest BCUT2D eigenvalue weighted by Gasteiger charge is 2.30. The van der Waals surface area contributed by atoms with Crippen LogP contribution in [0.3, 0.4) is 0 Å². The van der Waals surface area contributed by atoms with Gasteiger partial charge in [-0.1, -0.05) is 49.4 Å². The van der Waals surface area contributed by atoms with Crippen molar-refractivity contribution < 1.29 is 9.53 Å². The zero-order valence-corrected chi connectivity index (χ0v) is 15.4. The maximum Gasteiger partial charge on any atom is 0.314 e. The molecule has 1 fully saturated rings. The molecule has 1 aromatic carbocycles. The highest BCUT2D eigenvalue weighted by Crippen LogP contribution is 2.33. The molecule has 0 bridgehead atoms. The van der Waals surface area contributed by atoms with E-state index in [1.54, 1.807) is 0 Å². The molecule has 1 saturated heterocycles. The number of benzene rings is 1. The average molecular weight is 341 g/mol. The smallest absolute Gasteiger partial charge is 0.314 e. The van der Waals surface area contributed by atoms with Crippen molar-refractivity contribution in [3.05, 3.63) is 48.0 Å². The van der Waals surface area contributed by atoms with Crippen LogP contribution in [-0.4, -0.2) is 37.1 Å². The summed E-state index contributed by atoms with van der Waals surface area (Å²) >= 11 is 0. The predicted molar refractivity (Wildman–Crippen MR) is 101 cm³/mol. The summed E-state index contributed by atoms with van der Waals surface area (Å²) in [5, 5.41) is 0. The number of carbonyl (C=O) groups excluding carboxylic acids is 1. The minimum Gasteiger partial charge on any atom is -0.465 e. The van der Waals surface area contributed by atoms with Crippen LogP contribution in [0.1, 0.15) is 50.5 Å². The molecule has 3 atom stereocenters. The first-order chi connectivity index (χ1) is 12.2. The van der Waals surface area contributed by atoms with Gasteiger partial charge in [-0.05, 0) is 56.7 Å². The van der Waals surface area contributed by atoms with Gasteiger partial charge in [0.05, 0.1) is 12.5 Å². The van der Waals surface area contributed by atoms with Crippen LogP contribution in [0.5, 0.6) is 0 Å². The molecule has 136 valence electrons. The molecule has 0 spiro atoms. The number of allylic oxidation sites excluding steroid dienone is 2. The highest BCUT2D eigenvalue weighted by molar-refractivity contribution is 5.79. The Morgan fingerprint density at radius 1 is 1.20 bits per heavy atom. The molecule has 3 nitrogen and oxygen atoms in total. The molecule has 0 amide bonds. The second-order valence-electron chi connectivity index (χ2n) is 7.65. The monoisotopic (exact) mass is 341 g/mol. The van der Waals surface area contributed by atoms with E-state index in [2.05, 4.69) is 36.1 Å². The van der Waals surface area contributed by atoms with Gasteiger partial charge in [0.1, 0.15) is 0 Å². The molecule has 3 heteroatoms. The number of hydrogen-bond acceptors (Lipinski definition) is 3. The lowest BCUT2D eigenvalue weighted by atomic mass is 9.80. The van der Waals surface area contributed by atoms with Crippen molar-refractivity contribution in [1.82, 2.24) is 4.90 Å². The number of nitrogens with zero attached hydrogens (tertiary/aromatic N) is 1. The van der Waals surface area contributed by atoms with Gasteiger partial charge >= 0.3 is 5.97 Å². The molecule has 0 radical (unpaired) electrons. The third kappa shape index (κ3) is 5.18. The quantitative estimate of drug-likeness (QED) is 0.544. The molecule has 25 heavy (non-hydrogen) atoms. The minimum atomic E-state index is -0.170. The van der Waals surface area contributed by atoms with Crippen LogP contribution in [-0.2, 0) is 9.53 Å². The maximum absolute atomic E-state index is 12.9. The summed E-state index contributed by atoms with van der Waals surface area (Å²) < 4.78 is 5.78. The molecule has 0 aromatic heterocycles. The fraction of sp³-hybridized carbons (Fsp3) is 0.591. The van der Waals surface area contributed by atoms with Crippen molar-refractivity contribution in [2.45, 2.75) is 44.9 Å².